The van der Waals surface area contributed by atoms with Gasteiger partial charge in [0.15, 0.2) is 5.78 Å². The fourth-order valence-electron chi connectivity index (χ4n) is 3.24. The van der Waals surface area contributed by atoms with Gasteiger partial charge in [0.2, 0.25) is 0 Å². The number of carbonyl (C=O) groups is 1. The number of hydrogen-bond donors (Lipinski definition) is 0. The Hall–Kier alpha value is -3.45. The molecule has 4 aromatic rings. The van der Waals surface area contributed by atoms with Crippen molar-refractivity contribution < 1.29 is 4.79 Å². The number of rotatable bonds is 4. The first-order valence-electron chi connectivity index (χ1n) is 9.08. The number of allylic oxidation sites excluding steroid dienone is 1. The SMILES string of the molecule is Cc1ccc(/C=C/C(=O)c2ccc(-c3cccc4ccccc34)cc2)cc1. The first-order valence-corrected chi connectivity index (χ1v) is 9.08. The fourth-order valence-corrected chi connectivity index (χ4v) is 3.24. The summed E-state index contributed by atoms with van der Waals surface area (Å²) in [7, 11) is 0. The summed E-state index contributed by atoms with van der Waals surface area (Å²) in [4.78, 5) is 12.5. The molecule has 4 rings (SSSR count). The van der Waals surface area contributed by atoms with Crippen LogP contribution in [0.5, 0.6) is 0 Å². The molecule has 27 heavy (non-hydrogen) atoms. The standard InChI is InChI=1S/C26H20O/c1-19-9-11-20(12-10-19)13-18-26(27)23-16-14-22(15-17-23)25-8-4-6-21-5-2-3-7-24(21)25/h2-18H,1H3/b18-13+. The van der Waals surface area contributed by atoms with E-state index in [0.29, 0.717) is 5.56 Å². The Morgan fingerprint density at radius 1 is 0.741 bits per heavy atom. The topological polar surface area (TPSA) is 17.1 Å². The highest BCUT2D eigenvalue weighted by Gasteiger charge is 2.06. The molecule has 0 aliphatic carbocycles. The molecule has 4 aromatic carbocycles. The maximum Gasteiger partial charge on any atom is 0.185 e. The maximum atomic E-state index is 12.5. The normalized spacial score (nSPS) is 11.1. The van der Waals surface area contributed by atoms with Gasteiger partial charge in [-0.25, -0.2) is 0 Å². The average molecular weight is 348 g/mol. The predicted octanol–water partition coefficient (Wildman–Crippen LogP) is 6.71. The molecule has 1 nitrogen and oxygen atoms in total. The van der Waals surface area contributed by atoms with Crippen LogP contribution in [0.25, 0.3) is 28.0 Å². The van der Waals surface area contributed by atoms with Crippen LogP contribution in [0.4, 0.5) is 0 Å². The van der Waals surface area contributed by atoms with E-state index in [4.69, 9.17) is 0 Å². The Labute approximate surface area is 159 Å². The van der Waals surface area contributed by atoms with E-state index in [1.807, 2.05) is 60.7 Å². The Balaban J connectivity index is 1.58. The molecule has 1 heteroatoms. The summed E-state index contributed by atoms with van der Waals surface area (Å²) in [6.07, 6.45) is 3.50. The number of carbonyl (C=O) groups excluding carboxylic acids is 1. The quantitative estimate of drug-likeness (QED) is 0.296. The third-order valence-electron chi connectivity index (χ3n) is 4.77. The van der Waals surface area contributed by atoms with Gasteiger partial charge < -0.3 is 0 Å². The van der Waals surface area contributed by atoms with E-state index in [1.165, 1.54) is 21.9 Å². The van der Waals surface area contributed by atoms with Gasteiger partial charge in [0.05, 0.1) is 0 Å². The Morgan fingerprint density at radius 3 is 2.22 bits per heavy atom. The average Bonchev–Trinajstić information content (AvgIpc) is 2.73. The van der Waals surface area contributed by atoms with Crippen molar-refractivity contribution in [2.24, 2.45) is 0 Å². The second kappa shape index (κ2) is 7.43. The van der Waals surface area contributed by atoms with E-state index in [2.05, 4.69) is 43.3 Å². The molecule has 0 aliphatic heterocycles. The third kappa shape index (κ3) is 3.73. The zero-order valence-corrected chi connectivity index (χ0v) is 15.2. The number of hydrogen-bond acceptors (Lipinski definition) is 1. The highest BCUT2D eigenvalue weighted by atomic mass is 16.1. The van der Waals surface area contributed by atoms with Crippen molar-refractivity contribution in [1.82, 2.24) is 0 Å². The largest absolute Gasteiger partial charge is 0.289 e. The fraction of sp³-hybridized carbons (Fsp3) is 0.0385. The van der Waals surface area contributed by atoms with Crippen LogP contribution >= 0.6 is 0 Å². The molecule has 0 bridgehead atoms. The van der Waals surface area contributed by atoms with Crippen molar-refractivity contribution in [2.75, 3.05) is 0 Å². The van der Waals surface area contributed by atoms with Gasteiger partial charge in [-0.1, -0.05) is 103 Å². The van der Waals surface area contributed by atoms with Gasteiger partial charge in [-0.3, -0.25) is 4.79 Å². The predicted molar refractivity (Wildman–Crippen MR) is 114 cm³/mol. The monoisotopic (exact) mass is 348 g/mol. The Morgan fingerprint density at radius 2 is 1.44 bits per heavy atom. The van der Waals surface area contributed by atoms with Crippen LogP contribution in [0.15, 0.2) is 97.1 Å². The molecule has 0 fully saturated rings. The number of aryl methyl sites for hydroxylation is 1. The lowest BCUT2D eigenvalue weighted by Gasteiger charge is -2.07. The summed E-state index contributed by atoms with van der Waals surface area (Å²) in [5.41, 5.74) is 5.24. The molecule has 0 heterocycles. The first-order chi connectivity index (χ1) is 13.2. The summed E-state index contributed by atoms with van der Waals surface area (Å²) in [6.45, 7) is 2.05. The van der Waals surface area contributed by atoms with E-state index in [0.717, 1.165) is 11.1 Å². The molecule has 0 saturated heterocycles. The molecule has 0 aliphatic rings. The van der Waals surface area contributed by atoms with Crippen molar-refractivity contribution in [3.8, 4) is 11.1 Å². The van der Waals surface area contributed by atoms with Gasteiger partial charge in [0.25, 0.3) is 0 Å². The minimum Gasteiger partial charge on any atom is -0.289 e. The third-order valence-corrected chi connectivity index (χ3v) is 4.77. The van der Waals surface area contributed by atoms with E-state index in [-0.39, 0.29) is 5.78 Å². The van der Waals surface area contributed by atoms with Crippen LogP contribution in [0.1, 0.15) is 21.5 Å². The molecule has 0 amide bonds. The summed E-state index contributed by atoms with van der Waals surface area (Å²) >= 11 is 0. The van der Waals surface area contributed by atoms with Gasteiger partial charge in [0, 0.05) is 5.56 Å². The second-order valence-electron chi connectivity index (χ2n) is 6.71. The van der Waals surface area contributed by atoms with Crippen molar-refractivity contribution in [3.05, 3.63) is 114 Å². The molecule has 130 valence electrons. The second-order valence-corrected chi connectivity index (χ2v) is 6.71. The lowest BCUT2D eigenvalue weighted by atomic mass is 9.97. The van der Waals surface area contributed by atoms with Gasteiger partial charge in [-0.05, 0) is 40.5 Å². The molecule has 0 unspecified atom stereocenters. The molecular weight excluding hydrogens is 328 g/mol. The number of ketones is 1. The molecular formula is C26H20O. The van der Waals surface area contributed by atoms with E-state index >= 15 is 0 Å². The van der Waals surface area contributed by atoms with Crippen LogP contribution in [-0.4, -0.2) is 5.78 Å². The highest BCUT2D eigenvalue weighted by molar-refractivity contribution is 6.07. The first kappa shape index (κ1) is 17.0. The van der Waals surface area contributed by atoms with Crippen LogP contribution in [0, 0.1) is 6.92 Å². The molecule has 0 radical (unpaired) electrons. The number of benzene rings is 4. The van der Waals surface area contributed by atoms with Crippen molar-refractivity contribution in [2.45, 2.75) is 6.92 Å². The summed E-state index contributed by atoms with van der Waals surface area (Å²) in [6, 6.07) is 30.6. The van der Waals surface area contributed by atoms with Gasteiger partial charge in [-0.15, -0.1) is 0 Å². The van der Waals surface area contributed by atoms with Gasteiger partial charge in [-0.2, -0.15) is 0 Å². The zero-order valence-electron chi connectivity index (χ0n) is 15.2. The summed E-state index contributed by atoms with van der Waals surface area (Å²) in [5.74, 6) is 0.0139. The lowest BCUT2D eigenvalue weighted by Crippen LogP contribution is -1.94. The Bertz CT molecular complexity index is 1110. The van der Waals surface area contributed by atoms with Crippen molar-refractivity contribution in [1.29, 1.82) is 0 Å². The van der Waals surface area contributed by atoms with Crippen LogP contribution in [0.3, 0.4) is 0 Å². The maximum absolute atomic E-state index is 12.5. The Kier molecular flexibility index (Phi) is 4.67. The van der Waals surface area contributed by atoms with Gasteiger partial charge >= 0.3 is 0 Å². The molecule has 0 atom stereocenters. The minimum atomic E-state index is 0.0139. The van der Waals surface area contributed by atoms with Crippen LogP contribution in [0.2, 0.25) is 0 Å². The van der Waals surface area contributed by atoms with Crippen molar-refractivity contribution >= 4 is 22.6 Å². The molecule has 0 saturated carbocycles. The molecule has 0 spiro atoms. The number of fused-ring (bicyclic) bond motifs is 1. The minimum absolute atomic E-state index is 0.0139. The van der Waals surface area contributed by atoms with Gasteiger partial charge in [0.1, 0.15) is 0 Å². The summed E-state index contributed by atoms with van der Waals surface area (Å²) in [5, 5.41) is 2.44. The highest BCUT2D eigenvalue weighted by Crippen LogP contribution is 2.28. The summed E-state index contributed by atoms with van der Waals surface area (Å²) < 4.78 is 0. The van der Waals surface area contributed by atoms with E-state index in [9.17, 15) is 4.79 Å². The van der Waals surface area contributed by atoms with Crippen LogP contribution in [-0.2, 0) is 0 Å². The molecule has 0 N–H and O–H groups in total. The van der Waals surface area contributed by atoms with E-state index < -0.39 is 0 Å². The molecule has 0 aromatic heterocycles. The van der Waals surface area contributed by atoms with Crippen molar-refractivity contribution in [3.63, 3.8) is 0 Å². The van der Waals surface area contributed by atoms with E-state index in [1.54, 1.807) is 6.08 Å². The van der Waals surface area contributed by atoms with Crippen LogP contribution < -0.4 is 0 Å². The lowest BCUT2D eigenvalue weighted by molar-refractivity contribution is 0.104. The zero-order chi connectivity index (χ0) is 18.6. The smallest absolute Gasteiger partial charge is 0.185 e.